The van der Waals surface area contributed by atoms with Crippen LogP contribution in [0, 0.1) is 14.8 Å². The summed E-state index contributed by atoms with van der Waals surface area (Å²) in [4.78, 5) is 55.5. The molecule has 2 amide bonds. The van der Waals surface area contributed by atoms with Crippen LogP contribution in [0.5, 0.6) is 0 Å². The van der Waals surface area contributed by atoms with E-state index in [1.165, 1.54) is 35.4 Å². The number of imidazole rings is 1. The Hall–Kier alpha value is -5.76. The van der Waals surface area contributed by atoms with E-state index in [2.05, 4.69) is 30.5 Å². The zero-order chi connectivity index (χ0) is 39.4. The van der Waals surface area contributed by atoms with Gasteiger partial charge >= 0.3 is 6.09 Å². The normalized spacial score (nSPS) is 18.6. The topological polar surface area (TPSA) is 223 Å². The average Bonchev–Trinajstić information content (AvgIpc) is 3.73. The molecule has 18 nitrogen and oxygen atoms in total. The highest BCUT2D eigenvalue weighted by molar-refractivity contribution is 7.71. The number of carbonyl (C=O) groups excluding carboxylic acids is 2. The number of nitro groups is 1. The van der Waals surface area contributed by atoms with Crippen molar-refractivity contribution < 1.29 is 38.6 Å². The third-order valence-electron chi connectivity index (χ3n) is 9.42. The molecule has 4 heterocycles. The van der Waals surface area contributed by atoms with Gasteiger partial charge in [0.1, 0.15) is 36.8 Å². The van der Waals surface area contributed by atoms with Crippen molar-refractivity contribution in [3.05, 3.63) is 87.1 Å². The maximum absolute atomic E-state index is 14.0. The molecule has 6 rings (SSSR count). The third-order valence-corrected chi connectivity index (χ3v) is 9.62. The van der Waals surface area contributed by atoms with Crippen molar-refractivity contribution in [1.82, 2.24) is 30.2 Å². The molecule has 0 radical (unpaired) electrons. The Morgan fingerprint density at radius 1 is 1.11 bits per heavy atom. The fourth-order valence-electron chi connectivity index (χ4n) is 6.67. The van der Waals surface area contributed by atoms with Crippen LogP contribution in [0.2, 0.25) is 0 Å². The molecule has 4 N–H and O–H groups in total. The number of aromatic nitrogens is 4. The number of anilines is 2. The molecular formula is C36H41N9O9S. The van der Waals surface area contributed by atoms with Gasteiger partial charge < -0.3 is 44.5 Å². The monoisotopic (exact) mass is 775 g/mol. The van der Waals surface area contributed by atoms with Gasteiger partial charge in [0.2, 0.25) is 5.91 Å². The minimum atomic E-state index is -1.43. The van der Waals surface area contributed by atoms with Crippen LogP contribution in [-0.4, -0.2) is 105 Å². The van der Waals surface area contributed by atoms with Gasteiger partial charge in [0.05, 0.1) is 23.9 Å². The molecule has 0 spiro atoms. The van der Waals surface area contributed by atoms with E-state index in [4.69, 9.17) is 26.1 Å². The standard InChI is InChI=1S/C36H41N9O9S/c1-5-43(6-2)22-11-12-23-21(14-28(55)53-26(23)15-22)17-52-36(49)40-24(13-20-9-7-8-10-25(20)45(50)51)34(48)41-29-27(16-46)54-35(31(29)47)44-19-39-30-32(42(3)4)37-18-38-33(30)44/h7-12,14-15,18-19,24,27,29,31,35,46-47H,5-6,13,16-17H2,1-4H3,(H,40,49)(H,41,48)/t24-,27+,29+,31+,35+/m0/s1. The fourth-order valence-corrected chi connectivity index (χ4v) is 6.90. The number of amides is 2. The Morgan fingerprint density at radius 2 is 1.87 bits per heavy atom. The van der Waals surface area contributed by atoms with Crippen LogP contribution < -0.4 is 20.4 Å². The number of aliphatic hydroxyl groups is 2. The smallest absolute Gasteiger partial charge is 0.408 e. The Balaban J connectivity index is 1.23. The first-order valence-corrected chi connectivity index (χ1v) is 17.9. The lowest BCUT2D eigenvalue weighted by atomic mass is 10.0. The van der Waals surface area contributed by atoms with Crippen molar-refractivity contribution in [2.24, 2.45) is 0 Å². The third kappa shape index (κ3) is 8.19. The van der Waals surface area contributed by atoms with Crippen LogP contribution >= 0.6 is 12.2 Å². The van der Waals surface area contributed by atoms with Crippen molar-refractivity contribution >= 4 is 63.5 Å². The highest BCUT2D eigenvalue weighted by Gasteiger charge is 2.46. The lowest BCUT2D eigenvalue weighted by Gasteiger charge is -2.25. The fraction of sp³-hybridized carbons (Fsp3) is 0.389. The van der Waals surface area contributed by atoms with Crippen molar-refractivity contribution in [1.29, 1.82) is 0 Å². The van der Waals surface area contributed by atoms with E-state index in [-0.39, 0.29) is 29.0 Å². The van der Waals surface area contributed by atoms with Crippen LogP contribution in [0.3, 0.4) is 0 Å². The molecule has 0 bridgehead atoms. The number of hydrogen-bond acceptors (Lipinski definition) is 15. The number of nitrogens with zero attached hydrogens (tertiary/aromatic N) is 7. The second-order valence-corrected chi connectivity index (χ2v) is 13.4. The first kappa shape index (κ1) is 38.9. The first-order valence-electron chi connectivity index (χ1n) is 17.5. The number of nitro benzene ring substituents is 1. The maximum Gasteiger partial charge on any atom is 0.408 e. The molecule has 290 valence electrons. The maximum atomic E-state index is 14.0. The molecule has 0 aliphatic carbocycles. The summed E-state index contributed by atoms with van der Waals surface area (Å²) in [5.41, 5.74) is 2.68. The Labute approximate surface area is 319 Å². The van der Waals surface area contributed by atoms with E-state index >= 15 is 0 Å². The highest BCUT2D eigenvalue weighted by atomic mass is 32.1. The number of rotatable bonds is 14. The van der Waals surface area contributed by atoms with Gasteiger partial charge in [-0.25, -0.2) is 19.7 Å². The van der Waals surface area contributed by atoms with Crippen LogP contribution in [0.25, 0.3) is 22.1 Å². The summed E-state index contributed by atoms with van der Waals surface area (Å²) in [5.74, 6) is -0.296. The Bertz CT molecular complexity index is 2260. The van der Waals surface area contributed by atoms with Gasteiger partial charge in [0.25, 0.3) is 5.69 Å². The van der Waals surface area contributed by atoms with E-state index in [0.717, 1.165) is 18.8 Å². The van der Waals surface area contributed by atoms with Crippen LogP contribution in [0.1, 0.15) is 31.2 Å². The summed E-state index contributed by atoms with van der Waals surface area (Å²) in [5, 5.41) is 39.5. The van der Waals surface area contributed by atoms with Crippen molar-refractivity contribution in [3.63, 3.8) is 0 Å². The summed E-state index contributed by atoms with van der Waals surface area (Å²) < 4.78 is 19.0. The molecular weight excluding hydrogens is 735 g/mol. The van der Waals surface area contributed by atoms with E-state index in [1.807, 2.05) is 32.0 Å². The number of fused-ring (bicyclic) bond motifs is 2. The summed E-state index contributed by atoms with van der Waals surface area (Å²) >= 11 is 5.35. The zero-order valence-corrected chi connectivity index (χ0v) is 31.3. The zero-order valence-electron chi connectivity index (χ0n) is 30.5. The van der Waals surface area contributed by atoms with Gasteiger partial charge in [-0.1, -0.05) is 18.2 Å². The summed E-state index contributed by atoms with van der Waals surface area (Å²) in [7, 11) is 3.58. The number of nitrogens with one attached hydrogen (secondary N) is 2. The number of alkyl carbamates (subject to hydrolysis) is 1. The lowest BCUT2D eigenvalue weighted by Crippen LogP contribution is -2.55. The molecule has 1 aliphatic rings. The number of carbonyl (C=O) groups is 2. The molecule has 19 heteroatoms. The number of benzene rings is 2. The molecule has 0 unspecified atom stereocenters. The largest absolute Gasteiger partial charge is 0.445 e. The molecule has 2 aromatic carbocycles. The first-order chi connectivity index (χ1) is 26.4. The Morgan fingerprint density at radius 3 is 2.58 bits per heavy atom. The molecule has 55 heavy (non-hydrogen) atoms. The lowest BCUT2D eigenvalue weighted by molar-refractivity contribution is -0.385. The van der Waals surface area contributed by atoms with Gasteiger partial charge in [0.15, 0.2) is 27.9 Å². The van der Waals surface area contributed by atoms with Gasteiger partial charge in [-0.3, -0.25) is 19.5 Å². The van der Waals surface area contributed by atoms with Crippen molar-refractivity contribution in [2.45, 2.75) is 57.4 Å². The number of aliphatic hydroxyl groups excluding tert-OH is 2. The molecule has 5 aromatic rings. The van der Waals surface area contributed by atoms with Crippen LogP contribution in [0.4, 0.5) is 22.0 Å². The second kappa shape index (κ2) is 16.7. The van der Waals surface area contributed by atoms with Crippen molar-refractivity contribution in [2.75, 3.05) is 43.6 Å². The minimum absolute atomic E-state index is 0.157. The van der Waals surface area contributed by atoms with Gasteiger partial charge in [-0.2, -0.15) is 0 Å². The molecule has 3 aromatic heterocycles. The summed E-state index contributed by atoms with van der Waals surface area (Å²) in [6.07, 6.45) is -2.22. The molecule has 5 atom stereocenters. The van der Waals surface area contributed by atoms with Gasteiger partial charge in [-0.05, 0) is 44.3 Å². The van der Waals surface area contributed by atoms with Crippen LogP contribution in [-0.2, 0) is 27.3 Å². The molecule has 1 aliphatic heterocycles. The predicted octanol–water partition coefficient (Wildman–Crippen LogP) is 3.40. The van der Waals surface area contributed by atoms with Crippen LogP contribution in [0.15, 0.2) is 65.6 Å². The number of para-hydroxylation sites is 1. The van der Waals surface area contributed by atoms with Gasteiger partial charge in [0, 0.05) is 67.9 Å². The Kier molecular flexibility index (Phi) is 11.8. The van der Waals surface area contributed by atoms with Gasteiger partial charge in [-0.15, -0.1) is 0 Å². The number of ether oxygens (including phenoxy) is 2. The second-order valence-electron chi connectivity index (χ2n) is 13.0. The molecule has 1 fully saturated rings. The highest BCUT2D eigenvalue weighted by Crippen LogP contribution is 2.33. The number of hydrogen-bond donors (Lipinski definition) is 4. The summed E-state index contributed by atoms with van der Waals surface area (Å²) in [6, 6.07) is 10.4. The minimum Gasteiger partial charge on any atom is -0.445 e. The summed E-state index contributed by atoms with van der Waals surface area (Å²) in [6.45, 7) is 4.83. The SMILES string of the molecule is CCN(CC)c1ccc2c(COC(=O)N[C@@H](Cc3ccccc3[N+](=O)[O-])C(=O)N[C@H]3[C@@H](O)[C@H](n4cnc5c(N(C)C)ncnc54)O[C@@H]3CO)cc(=S)oc2c1. The molecule has 1 saturated heterocycles. The van der Waals surface area contributed by atoms with E-state index in [1.54, 1.807) is 31.1 Å². The molecule has 0 saturated carbocycles. The van der Waals surface area contributed by atoms with Crippen molar-refractivity contribution in [3.8, 4) is 0 Å². The van der Waals surface area contributed by atoms with E-state index < -0.39 is 54.1 Å². The predicted molar refractivity (Wildman–Crippen MR) is 203 cm³/mol. The quantitative estimate of drug-likeness (QED) is 0.0721. The average molecular weight is 776 g/mol. The van der Waals surface area contributed by atoms with E-state index in [9.17, 15) is 29.9 Å². The van der Waals surface area contributed by atoms with E-state index in [0.29, 0.717) is 33.5 Å².